The van der Waals surface area contributed by atoms with Crippen molar-refractivity contribution in [1.29, 1.82) is 5.26 Å². The summed E-state index contributed by atoms with van der Waals surface area (Å²) in [5.41, 5.74) is 4.54. The average molecular weight is 244 g/mol. The minimum atomic E-state index is 0.657. The number of para-hydroxylation sites is 1. The molecule has 0 aliphatic heterocycles. The van der Waals surface area contributed by atoms with Crippen molar-refractivity contribution in [3.63, 3.8) is 0 Å². The second-order valence-electron chi connectivity index (χ2n) is 4.50. The van der Waals surface area contributed by atoms with Crippen LogP contribution in [0.25, 0.3) is 22.2 Å². The van der Waals surface area contributed by atoms with Crippen molar-refractivity contribution in [2.75, 3.05) is 0 Å². The SMILES string of the molecule is Cc1cc(-c2ccccc2C#N)nc2ccccc12. The maximum atomic E-state index is 9.18. The summed E-state index contributed by atoms with van der Waals surface area (Å²) in [6.07, 6.45) is 0. The van der Waals surface area contributed by atoms with E-state index in [1.54, 1.807) is 0 Å². The van der Waals surface area contributed by atoms with Crippen molar-refractivity contribution in [2.45, 2.75) is 6.92 Å². The van der Waals surface area contributed by atoms with Gasteiger partial charge in [0.2, 0.25) is 0 Å². The van der Waals surface area contributed by atoms with Crippen molar-refractivity contribution in [3.05, 3.63) is 65.7 Å². The normalized spacial score (nSPS) is 10.3. The number of hydrogen-bond donors (Lipinski definition) is 0. The topological polar surface area (TPSA) is 36.7 Å². The Bertz CT molecular complexity index is 798. The highest BCUT2D eigenvalue weighted by atomic mass is 14.7. The highest BCUT2D eigenvalue weighted by molar-refractivity contribution is 5.85. The number of aryl methyl sites for hydroxylation is 1. The van der Waals surface area contributed by atoms with Gasteiger partial charge in [-0.25, -0.2) is 4.98 Å². The Hall–Kier alpha value is -2.66. The van der Waals surface area contributed by atoms with Crippen molar-refractivity contribution >= 4 is 10.9 Å². The summed E-state index contributed by atoms with van der Waals surface area (Å²) >= 11 is 0. The number of benzene rings is 2. The largest absolute Gasteiger partial charge is 0.248 e. The number of nitrogens with zero attached hydrogens (tertiary/aromatic N) is 2. The molecule has 0 unspecified atom stereocenters. The van der Waals surface area contributed by atoms with Crippen LogP contribution in [0.5, 0.6) is 0 Å². The van der Waals surface area contributed by atoms with Gasteiger partial charge in [-0.3, -0.25) is 0 Å². The first kappa shape index (κ1) is 11.4. The van der Waals surface area contributed by atoms with Crippen LogP contribution in [0, 0.1) is 18.3 Å². The van der Waals surface area contributed by atoms with E-state index in [0.717, 1.165) is 22.2 Å². The Morgan fingerprint density at radius 2 is 1.74 bits per heavy atom. The molecule has 0 radical (unpaired) electrons. The zero-order valence-electron chi connectivity index (χ0n) is 10.6. The van der Waals surface area contributed by atoms with E-state index in [1.807, 2.05) is 48.5 Å². The van der Waals surface area contributed by atoms with Crippen molar-refractivity contribution in [1.82, 2.24) is 4.98 Å². The number of nitriles is 1. The minimum absolute atomic E-state index is 0.657. The van der Waals surface area contributed by atoms with Gasteiger partial charge in [0, 0.05) is 10.9 Å². The predicted octanol–water partition coefficient (Wildman–Crippen LogP) is 4.08. The zero-order chi connectivity index (χ0) is 13.2. The third kappa shape index (κ3) is 1.96. The fourth-order valence-electron chi connectivity index (χ4n) is 2.29. The van der Waals surface area contributed by atoms with Gasteiger partial charge >= 0.3 is 0 Å². The molecule has 0 spiro atoms. The van der Waals surface area contributed by atoms with Crippen LogP contribution in [-0.4, -0.2) is 4.98 Å². The molecule has 2 aromatic carbocycles. The standard InChI is InChI=1S/C17H12N2/c1-12-10-17(15-8-3-2-6-13(15)11-18)19-16-9-5-4-7-14(12)16/h2-10H,1H3. The van der Waals surface area contributed by atoms with Crippen LogP contribution in [0.3, 0.4) is 0 Å². The molecule has 0 fully saturated rings. The molecule has 0 aliphatic rings. The van der Waals surface area contributed by atoms with E-state index < -0.39 is 0 Å². The van der Waals surface area contributed by atoms with Crippen LogP contribution in [0.4, 0.5) is 0 Å². The lowest BCUT2D eigenvalue weighted by atomic mass is 10.0. The maximum Gasteiger partial charge on any atom is 0.0998 e. The van der Waals surface area contributed by atoms with Crippen LogP contribution in [-0.2, 0) is 0 Å². The molecule has 2 nitrogen and oxygen atoms in total. The van der Waals surface area contributed by atoms with Crippen LogP contribution < -0.4 is 0 Å². The highest BCUT2D eigenvalue weighted by Crippen LogP contribution is 2.26. The summed E-state index contributed by atoms with van der Waals surface area (Å²) in [4.78, 5) is 4.66. The average Bonchev–Trinajstić information content (AvgIpc) is 2.47. The molecular formula is C17H12N2. The molecule has 2 heteroatoms. The fraction of sp³-hybridized carbons (Fsp3) is 0.0588. The number of aromatic nitrogens is 1. The van der Waals surface area contributed by atoms with Crippen molar-refractivity contribution in [2.24, 2.45) is 0 Å². The maximum absolute atomic E-state index is 9.18. The van der Waals surface area contributed by atoms with E-state index in [1.165, 1.54) is 5.56 Å². The number of fused-ring (bicyclic) bond motifs is 1. The highest BCUT2D eigenvalue weighted by Gasteiger charge is 2.08. The molecule has 0 saturated carbocycles. The minimum Gasteiger partial charge on any atom is -0.248 e. The quantitative estimate of drug-likeness (QED) is 0.646. The Balaban J connectivity index is 2.29. The molecule has 0 aliphatic carbocycles. The summed E-state index contributed by atoms with van der Waals surface area (Å²) in [6.45, 7) is 2.07. The second kappa shape index (κ2) is 4.55. The lowest BCUT2D eigenvalue weighted by molar-refractivity contribution is 1.35. The van der Waals surface area contributed by atoms with E-state index >= 15 is 0 Å². The Morgan fingerprint density at radius 3 is 2.58 bits per heavy atom. The van der Waals surface area contributed by atoms with E-state index in [9.17, 15) is 5.26 Å². The van der Waals surface area contributed by atoms with Crippen LogP contribution in [0.2, 0.25) is 0 Å². The fourth-order valence-corrected chi connectivity index (χ4v) is 2.29. The summed E-state index contributed by atoms with van der Waals surface area (Å²) < 4.78 is 0. The number of rotatable bonds is 1. The molecule has 3 aromatic rings. The molecule has 1 heterocycles. The van der Waals surface area contributed by atoms with Crippen molar-refractivity contribution < 1.29 is 0 Å². The predicted molar refractivity (Wildman–Crippen MR) is 76.6 cm³/mol. The van der Waals surface area contributed by atoms with E-state index in [4.69, 9.17) is 0 Å². The molecule has 3 rings (SSSR count). The lowest BCUT2D eigenvalue weighted by Gasteiger charge is -2.07. The summed E-state index contributed by atoms with van der Waals surface area (Å²) in [5.74, 6) is 0. The molecule has 90 valence electrons. The molecule has 1 aromatic heterocycles. The van der Waals surface area contributed by atoms with Gasteiger partial charge < -0.3 is 0 Å². The first-order chi connectivity index (χ1) is 9.29. The zero-order valence-corrected chi connectivity index (χ0v) is 10.6. The van der Waals surface area contributed by atoms with Gasteiger partial charge in [-0.2, -0.15) is 5.26 Å². The Morgan fingerprint density at radius 1 is 1.00 bits per heavy atom. The summed E-state index contributed by atoms with van der Waals surface area (Å²) in [7, 11) is 0. The van der Waals surface area contributed by atoms with Crippen LogP contribution in [0.15, 0.2) is 54.6 Å². The number of hydrogen-bond acceptors (Lipinski definition) is 2. The van der Waals surface area contributed by atoms with Crippen molar-refractivity contribution in [3.8, 4) is 17.3 Å². The molecular weight excluding hydrogens is 232 g/mol. The van der Waals surface area contributed by atoms with E-state index in [-0.39, 0.29) is 0 Å². The van der Waals surface area contributed by atoms with Gasteiger partial charge in [0.05, 0.1) is 22.8 Å². The van der Waals surface area contributed by atoms with Crippen LogP contribution >= 0.6 is 0 Å². The molecule has 0 amide bonds. The lowest BCUT2D eigenvalue weighted by Crippen LogP contribution is -1.91. The second-order valence-corrected chi connectivity index (χ2v) is 4.50. The Kier molecular flexibility index (Phi) is 2.74. The Labute approximate surface area is 112 Å². The van der Waals surface area contributed by atoms with Gasteiger partial charge in [0.1, 0.15) is 0 Å². The van der Waals surface area contributed by atoms with Gasteiger partial charge in [-0.05, 0) is 30.7 Å². The van der Waals surface area contributed by atoms with Gasteiger partial charge in [0.15, 0.2) is 0 Å². The summed E-state index contributed by atoms with van der Waals surface area (Å²) in [5, 5.41) is 10.3. The van der Waals surface area contributed by atoms with Gasteiger partial charge in [0.25, 0.3) is 0 Å². The molecule has 0 atom stereocenters. The van der Waals surface area contributed by atoms with Crippen LogP contribution in [0.1, 0.15) is 11.1 Å². The molecule has 19 heavy (non-hydrogen) atoms. The summed E-state index contributed by atoms with van der Waals surface area (Å²) in [6, 6.07) is 19.9. The monoisotopic (exact) mass is 244 g/mol. The smallest absolute Gasteiger partial charge is 0.0998 e. The third-order valence-corrected chi connectivity index (χ3v) is 3.25. The van der Waals surface area contributed by atoms with E-state index in [2.05, 4.69) is 24.0 Å². The molecule has 0 bridgehead atoms. The first-order valence-electron chi connectivity index (χ1n) is 6.15. The third-order valence-electron chi connectivity index (χ3n) is 3.25. The molecule has 0 N–H and O–H groups in total. The number of pyridine rings is 1. The van der Waals surface area contributed by atoms with Gasteiger partial charge in [-0.15, -0.1) is 0 Å². The van der Waals surface area contributed by atoms with E-state index in [0.29, 0.717) is 5.56 Å². The van der Waals surface area contributed by atoms with Gasteiger partial charge in [-0.1, -0.05) is 36.4 Å². The first-order valence-corrected chi connectivity index (χ1v) is 6.15. The molecule has 0 saturated heterocycles.